The lowest BCUT2D eigenvalue weighted by atomic mass is 9.84. The second-order valence-corrected chi connectivity index (χ2v) is 8.20. The van der Waals surface area contributed by atoms with Crippen molar-refractivity contribution in [3.8, 4) is 5.75 Å². The van der Waals surface area contributed by atoms with Gasteiger partial charge in [-0.25, -0.2) is 0 Å². The number of carbonyl (C=O) groups excluding carboxylic acids is 2. The lowest BCUT2D eigenvalue weighted by Gasteiger charge is -2.41. The van der Waals surface area contributed by atoms with Crippen LogP contribution in [0.3, 0.4) is 0 Å². The van der Waals surface area contributed by atoms with Crippen molar-refractivity contribution in [1.29, 1.82) is 0 Å². The summed E-state index contributed by atoms with van der Waals surface area (Å²) >= 11 is 0. The smallest absolute Gasteiger partial charge is 0.253 e. The van der Waals surface area contributed by atoms with Gasteiger partial charge in [0.1, 0.15) is 12.4 Å². The molecule has 2 amide bonds. The van der Waals surface area contributed by atoms with Gasteiger partial charge in [0, 0.05) is 37.7 Å². The van der Waals surface area contributed by atoms with E-state index in [1.165, 1.54) is 6.42 Å². The van der Waals surface area contributed by atoms with Crippen LogP contribution < -0.4 is 15.0 Å². The summed E-state index contributed by atoms with van der Waals surface area (Å²) in [5.41, 5.74) is 1.82. The van der Waals surface area contributed by atoms with Crippen LogP contribution in [-0.4, -0.2) is 56.0 Å². The van der Waals surface area contributed by atoms with Gasteiger partial charge in [0.15, 0.2) is 0 Å². The van der Waals surface area contributed by atoms with Crippen LogP contribution in [0.15, 0.2) is 18.2 Å². The van der Waals surface area contributed by atoms with E-state index in [1.807, 2.05) is 17.0 Å². The minimum Gasteiger partial charge on any atom is -0.490 e. The van der Waals surface area contributed by atoms with Crippen molar-refractivity contribution in [2.24, 2.45) is 5.92 Å². The van der Waals surface area contributed by atoms with E-state index < -0.39 is 0 Å². The number of fused-ring (bicyclic) bond motifs is 1. The third kappa shape index (κ3) is 3.82. The lowest BCUT2D eigenvalue weighted by molar-refractivity contribution is -0.125. The highest BCUT2D eigenvalue weighted by atomic mass is 16.5. The molecule has 1 aromatic carbocycles. The average Bonchev–Trinajstić information content (AvgIpc) is 2.78. The number of nitrogens with zero attached hydrogens (tertiary/aromatic N) is 2. The molecule has 0 bridgehead atoms. The Balaban J connectivity index is 1.46. The molecule has 1 saturated carbocycles. The third-order valence-electron chi connectivity index (χ3n) is 6.50. The van der Waals surface area contributed by atoms with Gasteiger partial charge in [0.05, 0.1) is 12.2 Å². The lowest BCUT2D eigenvalue weighted by Crippen LogP contribution is -2.44. The van der Waals surface area contributed by atoms with E-state index in [4.69, 9.17) is 4.74 Å². The molecular formula is C22H31N3O3. The Bertz CT molecular complexity index is 722. The largest absolute Gasteiger partial charge is 0.490 e. The average molecular weight is 386 g/mol. The van der Waals surface area contributed by atoms with E-state index in [0.717, 1.165) is 75.2 Å². The normalized spacial score (nSPS) is 24.9. The predicted molar refractivity (Wildman–Crippen MR) is 109 cm³/mol. The first kappa shape index (κ1) is 19.1. The fourth-order valence-electron chi connectivity index (χ4n) is 4.89. The summed E-state index contributed by atoms with van der Waals surface area (Å²) in [5, 5.41) is 2.78. The quantitative estimate of drug-likeness (QED) is 0.869. The molecular weight excluding hydrogens is 354 g/mol. The van der Waals surface area contributed by atoms with Crippen molar-refractivity contribution in [1.82, 2.24) is 10.2 Å². The van der Waals surface area contributed by atoms with Crippen molar-refractivity contribution in [3.05, 3.63) is 23.8 Å². The Hall–Kier alpha value is -2.24. The fraction of sp³-hybridized carbons (Fsp3) is 0.636. The van der Waals surface area contributed by atoms with Crippen LogP contribution in [-0.2, 0) is 4.79 Å². The number of carbonyl (C=O) groups is 2. The van der Waals surface area contributed by atoms with Gasteiger partial charge in [-0.3, -0.25) is 9.59 Å². The molecule has 6 heteroatoms. The zero-order valence-corrected chi connectivity index (χ0v) is 16.8. The van der Waals surface area contributed by atoms with Crippen LogP contribution >= 0.6 is 0 Å². The Labute approximate surface area is 167 Å². The van der Waals surface area contributed by atoms with Gasteiger partial charge in [0.25, 0.3) is 5.91 Å². The molecule has 152 valence electrons. The minimum atomic E-state index is 0.120. The number of hydrogen-bond acceptors (Lipinski definition) is 4. The van der Waals surface area contributed by atoms with Gasteiger partial charge < -0.3 is 19.9 Å². The Kier molecular flexibility index (Phi) is 5.74. The molecule has 4 rings (SSSR count). The Morgan fingerprint density at radius 3 is 2.50 bits per heavy atom. The second-order valence-electron chi connectivity index (χ2n) is 8.20. The molecule has 2 fully saturated rings. The van der Waals surface area contributed by atoms with Crippen LogP contribution in [0.4, 0.5) is 5.69 Å². The maximum Gasteiger partial charge on any atom is 0.253 e. The number of amides is 2. The first-order valence-electron chi connectivity index (χ1n) is 10.7. The summed E-state index contributed by atoms with van der Waals surface area (Å²) in [6, 6.07) is 6.37. The molecule has 2 aliphatic heterocycles. The number of ether oxygens (including phenoxy) is 1. The standard InChI is InChI=1S/C22H31N3O3/c1-23-21(26)16-5-8-18(9-6-16)25-13-14-28-20-15-17(7-10-19(20)25)22(27)24-11-3-2-4-12-24/h7,10,15-16,18H,2-6,8-9,11-14H2,1H3,(H,23,26). The molecule has 0 spiro atoms. The van der Waals surface area contributed by atoms with E-state index in [2.05, 4.69) is 16.3 Å². The minimum absolute atomic E-state index is 0.120. The number of piperidine rings is 1. The fourth-order valence-corrected chi connectivity index (χ4v) is 4.89. The summed E-state index contributed by atoms with van der Waals surface area (Å²) in [7, 11) is 1.72. The highest BCUT2D eigenvalue weighted by Crippen LogP contribution is 2.38. The van der Waals surface area contributed by atoms with Crippen LogP contribution in [0.25, 0.3) is 0 Å². The number of benzene rings is 1. The van der Waals surface area contributed by atoms with Crippen LogP contribution in [0.2, 0.25) is 0 Å². The van der Waals surface area contributed by atoms with Gasteiger partial charge in [-0.1, -0.05) is 0 Å². The highest BCUT2D eigenvalue weighted by molar-refractivity contribution is 5.95. The first-order chi connectivity index (χ1) is 13.7. The van der Waals surface area contributed by atoms with Gasteiger partial charge in [-0.2, -0.15) is 0 Å². The summed E-state index contributed by atoms with van der Waals surface area (Å²) in [6.07, 6.45) is 7.32. The molecule has 1 aliphatic carbocycles. The number of likely N-dealkylation sites (tertiary alicyclic amines) is 1. The first-order valence-corrected chi connectivity index (χ1v) is 10.7. The van der Waals surface area contributed by atoms with E-state index in [1.54, 1.807) is 7.05 Å². The van der Waals surface area contributed by atoms with Crippen molar-refractivity contribution in [3.63, 3.8) is 0 Å². The molecule has 0 atom stereocenters. The van der Waals surface area contributed by atoms with Crippen LogP contribution in [0, 0.1) is 5.92 Å². The van der Waals surface area contributed by atoms with E-state index in [9.17, 15) is 9.59 Å². The number of rotatable bonds is 3. The Morgan fingerprint density at radius 1 is 1.04 bits per heavy atom. The zero-order valence-electron chi connectivity index (χ0n) is 16.8. The maximum absolute atomic E-state index is 12.8. The van der Waals surface area contributed by atoms with E-state index >= 15 is 0 Å². The predicted octanol–water partition coefficient (Wildman–Crippen LogP) is 2.82. The van der Waals surface area contributed by atoms with Gasteiger partial charge in [-0.05, 0) is 63.1 Å². The summed E-state index contributed by atoms with van der Waals surface area (Å²) < 4.78 is 5.92. The highest BCUT2D eigenvalue weighted by Gasteiger charge is 2.32. The van der Waals surface area contributed by atoms with Crippen LogP contribution in [0.5, 0.6) is 5.75 Å². The zero-order chi connectivity index (χ0) is 19.5. The van der Waals surface area contributed by atoms with Crippen molar-refractivity contribution >= 4 is 17.5 Å². The summed E-state index contributed by atoms with van der Waals surface area (Å²) in [5.74, 6) is 1.25. The Morgan fingerprint density at radius 2 is 1.79 bits per heavy atom. The molecule has 0 unspecified atom stereocenters. The second kappa shape index (κ2) is 8.41. The van der Waals surface area contributed by atoms with Crippen molar-refractivity contribution < 1.29 is 14.3 Å². The maximum atomic E-state index is 12.8. The molecule has 1 saturated heterocycles. The molecule has 3 aliphatic rings. The summed E-state index contributed by atoms with van der Waals surface area (Å²) in [6.45, 7) is 3.22. The van der Waals surface area contributed by atoms with Gasteiger partial charge in [-0.15, -0.1) is 0 Å². The number of hydrogen-bond donors (Lipinski definition) is 1. The molecule has 1 N–H and O–H groups in total. The third-order valence-corrected chi connectivity index (χ3v) is 6.50. The monoisotopic (exact) mass is 385 g/mol. The van der Waals surface area contributed by atoms with Gasteiger partial charge >= 0.3 is 0 Å². The van der Waals surface area contributed by atoms with Crippen molar-refractivity contribution in [2.45, 2.75) is 51.0 Å². The topological polar surface area (TPSA) is 61.9 Å². The SMILES string of the molecule is CNC(=O)C1CCC(N2CCOc3cc(C(=O)N4CCCCC4)ccc32)CC1. The van der Waals surface area contributed by atoms with E-state index in [-0.39, 0.29) is 17.7 Å². The number of nitrogens with one attached hydrogen (secondary N) is 1. The molecule has 1 aromatic rings. The van der Waals surface area contributed by atoms with E-state index in [0.29, 0.717) is 12.6 Å². The molecule has 2 heterocycles. The molecule has 0 radical (unpaired) electrons. The molecule has 6 nitrogen and oxygen atoms in total. The molecule has 28 heavy (non-hydrogen) atoms. The molecule has 0 aromatic heterocycles. The number of anilines is 1. The van der Waals surface area contributed by atoms with Crippen molar-refractivity contribution in [2.75, 3.05) is 38.2 Å². The summed E-state index contributed by atoms with van der Waals surface area (Å²) in [4.78, 5) is 29.1. The van der Waals surface area contributed by atoms with Crippen LogP contribution in [0.1, 0.15) is 55.3 Å². The van der Waals surface area contributed by atoms with Gasteiger partial charge in [0.2, 0.25) is 5.91 Å².